The molecule has 7 heteroatoms. The number of carboxylic acid groups (broad SMARTS) is 1. The molecule has 1 aliphatic heterocycles. The van der Waals surface area contributed by atoms with E-state index in [4.69, 9.17) is 5.11 Å². The van der Waals surface area contributed by atoms with Gasteiger partial charge in [0.25, 0.3) is 0 Å². The molecule has 0 aromatic carbocycles. The summed E-state index contributed by atoms with van der Waals surface area (Å²) in [4.78, 5) is 40.7. The minimum atomic E-state index is -1.09. The van der Waals surface area contributed by atoms with E-state index in [9.17, 15) is 14.4 Å². The summed E-state index contributed by atoms with van der Waals surface area (Å²) < 4.78 is 0. The van der Waals surface area contributed by atoms with Crippen molar-refractivity contribution in [3.63, 3.8) is 0 Å². The number of nitrogens with zero attached hydrogens (tertiary/aromatic N) is 2. The molecule has 0 radical (unpaired) electrons. The Morgan fingerprint density at radius 2 is 2.00 bits per heavy atom. The van der Waals surface area contributed by atoms with Crippen LogP contribution in [0.3, 0.4) is 0 Å². The molecule has 21 heavy (non-hydrogen) atoms. The fourth-order valence-corrected chi connectivity index (χ4v) is 3.97. The first-order chi connectivity index (χ1) is 10.0. The molecule has 2 amide bonds. The highest BCUT2D eigenvalue weighted by atomic mass is 32.1. The third kappa shape index (κ3) is 2.35. The van der Waals surface area contributed by atoms with Crippen LogP contribution in [0.4, 0.5) is 0 Å². The molecule has 1 aromatic heterocycles. The summed E-state index contributed by atoms with van der Waals surface area (Å²) in [5, 5.41) is 10.4. The van der Waals surface area contributed by atoms with Crippen LogP contribution in [0.5, 0.6) is 0 Å². The molecule has 2 unspecified atom stereocenters. The third-order valence-corrected chi connectivity index (χ3v) is 5.34. The minimum Gasteiger partial charge on any atom is -0.476 e. The molecule has 2 atom stereocenters. The van der Waals surface area contributed by atoms with Gasteiger partial charge in [0, 0.05) is 5.38 Å². The second-order valence-electron chi connectivity index (χ2n) is 5.67. The summed E-state index contributed by atoms with van der Waals surface area (Å²) in [6, 6.07) is 0. The fraction of sp³-hybridized carbons (Fsp3) is 0.571. The zero-order valence-corrected chi connectivity index (χ0v) is 12.4. The van der Waals surface area contributed by atoms with Gasteiger partial charge in [-0.05, 0) is 18.8 Å². The van der Waals surface area contributed by atoms with Gasteiger partial charge in [0.1, 0.15) is 0 Å². The molecular formula is C14H16N2O4S. The lowest BCUT2D eigenvalue weighted by Gasteiger charge is -2.16. The van der Waals surface area contributed by atoms with Crippen molar-refractivity contribution in [1.82, 2.24) is 9.88 Å². The van der Waals surface area contributed by atoms with Gasteiger partial charge in [-0.25, -0.2) is 9.78 Å². The number of fused-ring (bicyclic) bond motifs is 1. The van der Waals surface area contributed by atoms with Crippen LogP contribution in [0.2, 0.25) is 0 Å². The first kappa shape index (κ1) is 14.2. The Morgan fingerprint density at radius 3 is 2.48 bits per heavy atom. The zero-order valence-electron chi connectivity index (χ0n) is 11.6. The largest absolute Gasteiger partial charge is 0.476 e. The molecule has 2 heterocycles. The van der Waals surface area contributed by atoms with Crippen molar-refractivity contribution < 1.29 is 19.5 Å². The quantitative estimate of drug-likeness (QED) is 0.856. The Balaban J connectivity index is 1.74. The van der Waals surface area contributed by atoms with Crippen molar-refractivity contribution in [3.8, 4) is 0 Å². The average molecular weight is 308 g/mol. The predicted molar refractivity (Wildman–Crippen MR) is 74.6 cm³/mol. The SMILES string of the molecule is CCC1CC2C(=O)N(Cc3csc(C(=O)O)n3)C(=O)C2C1. The summed E-state index contributed by atoms with van der Waals surface area (Å²) in [6.07, 6.45) is 2.58. The van der Waals surface area contributed by atoms with Crippen LogP contribution in [0.1, 0.15) is 41.7 Å². The number of carbonyl (C=O) groups is 3. The van der Waals surface area contributed by atoms with Gasteiger partial charge in [0.15, 0.2) is 0 Å². The summed E-state index contributed by atoms with van der Waals surface area (Å²) in [7, 11) is 0. The molecule has 0 bridgehead atoms. The summed E-state index contributed by atoms with van der Waals surface area (Å²) >= 11 is 1.01. The van der Waals surface area contributed by atoms with Gasteiger partial charge < -0.3 is 5.11 Å². The Labute approximate surface area is 125 Å². The van der Waals surface area contributed by atoms with E-state index >= 15 is 0 Å². The fourth-order valence-electron chi connectivity index (χ4n) is 3.33. The van der Waals surface area contributed by atoms with Gasteiger partial charge in [-0.2, -0.15) is 0 Å². The second kappa shape index (κ2) is 5.22. The maximum absolute atomic E-state index is 12.4. The highest BCUT2D eigenvalue weighted by molar-refractivity contribution is 7.11. The lowest BCUT2D eigenvalue weighted by Crippen LogP contribution is -2.32. The number of carbonyl (C=O) groups excluding carboxylic acids is 2. The van der Waals surface area contributed by atoms with Gasteiger partial charge in [-0.15, -0.1) is 11.3 Å². The average Bonchev–Trinajstić information content (AvgIpc) is 3.13. The topological polar surface area (TPSA) is 87.6 Å². The van der Waals surface area contributed by atoms with Crippen LogP contribution in [0.15, 0.2) is 5.38 Å². The second-order valence-corrected chi connectivity index (χ2v) is 6.53. The molecule has 1 saturated carbocycles. The number of amides is 2. The number of aromatic carboxylic acids is 1. The van der Waals surface area contributed by atoms with Gasteiger partial charge in [0.05, 0.1) is 24.1 Å². The smallest absolute Gasteiger partial charge is 0.365 e. The molecule has 112 valence electrons. The highest BCUT2D eigenvalue weighted by Gasteiger charge is 2.52. The molecule has 0 spiro atoms. The standard InChI is InChI=1S/C14H16N2O4S/c1-2-7-3-9-10(4-7)13(18)16(12(9)17)5-8-6-21-11(15-8)14(19)20/h6-7,9-10H,2-5H2,1H3,(H,19,20). The van der Waals surface area contributed by atoms with E-state index in [1.54, 1.807) is 5.38 Å². The number of likely N-dealkylation sites (tertiary alicyclic amines) is 1. The summed E-state index contributed by atoms with van der Waals surface area (Å²) in [6.45, 7) is 2.17. The first-order valence-electron chi connectivity index (χ1n) is 7.04. The van der Waals surface area contributed by atoms with Gasteiger partial charge in [0.2, 0.25) is 16.8 Å². The van der Waals surface area contributed by atoms with Crippen LogP contribution in [-0.4, -0.2) is 32.8 Å². The monoisotopic (exact) mass is 308 g/mol. The van der Waals surface area contributed by atoms with Crippen molar-refractivity contribution in [2.24, 2.45) is 17.8 Å². The zero-order chi connectivity index (χ0) is 15.1. The number of carboxylic acids is 1. The summed E-state index contributed by atoms with van der Waals surface area (Å²) in [5.41, 5.74) is 0.464. The van der Waals surface area contributed by atoms with E-state index in [0.29, 0.717) is 11.6 Å². The van der Waals surface area contributed by atoms with Crippen LogP contribution >= 0.6 is 11.3 Å². The van der Waals surface area contributed by atoms with E-state index in [2.05, 4.69) is 11.9 Å². The number of thiazole rings is 1. The molecular weight excluding hydrogens is 292 g/mol. The normalized spacial score (nSPS) is 28.2. The van der Waals surface area contributed by atoms with Crippen molar-refractivity contribution in [1.29, 1.82) is 0 Å². The van der Waals surface area contributed by atoms with Crippen molar-refractivity contribution >= 4 is 29.1 Å². The maximum Gasteiger partial charge on any atom is 0.365 e. The molecule has 1 saturated heterocycles. The molecule has 1 aromatic rings. The molecule has 1 N–H and O–H groups in total. The van der Waals surface area contributed by atoms with Crippen molar-refractivity contribution in [3.05, 3.63) is 16.1 Å². The van der Waals surface area contributed by atoms with E-state index in [1.165, 1.54) is 4.90 Å². The Bertz CT molecular complexity index is 588. The molecule has 6 nitrogen and oxygen atoms in total. The predicted octanol–water partition coefficient (Wildman–Crippen LogP) is 1.76. The first-order valence-corrected chi connectivity index (χ1v) is 7.92. The highest BCUT2D eigenvalue weighted by Crippen LogP contribution is 2.44. The van der Waals surface area contributed by atoms with Crippen LogP contribution in [0, 0.1) is 17.8 Å². The van der Waals surface area contributed by atoms with Gasteiger partial charge in [-0.3, -0.25) is 14.5 Å². The van der Waals surface area contributed by atoms with E-state index in [0.717, 1.165) is 30.6 Å². The number of hydrogen-bond donors (Lipinski definition) is 1. The van der Waals surface area contributed by atoms with Crippen molar-refractivity contribution in [2.45, 2.75) is 32.7 Å². The van der Waals surface area contributed by atoms with Crippen LogP contribution < -0.4 is 0 Å². The molecule has 2 aliphatic rings. The van der Waals surface area contributed by atoms with Crippen LogP contribution in [0.25, 0.3) is 0 Å². The molecule has 1 aliphatic carbocycles. The Kier molecular flexibility index (Phi) is 3.52. The van der Waals surface area contributed by atoms with E-state index in [-0.39, 0.29) is 35.2 Å². The molecule has 2 fully saturated rings. The van der Waals surface area contributed by atoms with Gasteiger partial charge >= 0.3 is 5.97 Å². The van der Waals surface area contributed by atoms with Gasteiger partial charge in [-0.1, -0.05) is 13.3 Å². The Morgan fingerprint density at radius 1 is 1.38 bits per heavy atom. The summed E-state index contributed by atoms with van der Waals surface area (Å²) in [5.74, 6) is -1.22. The number of hydrogen-bond acceptors (Lipinski definition) is 5. The lowest BCUT2D eigenvalue weighted by molar-refractivity contribution is -0.141. The molecule has 3 rings (SSSR count). The maximum atomic E-state index is 12.4. The number of aromatic nitrogens is 1. The number of imide groups is 1. The van der Waals surface area contributed by atoms with E-state index in [1.807, 2.05) is 0 Å². The van der Waals surface area contributed by atoms with Crippen molar-refractivity contribution in [2.75, 3.05) is 0 Å². The minimum absolute atomic E-state index is 0.0182. The third-order valence-electron chi connectivity index (χ3n) is 4.46. The lowest BCUT2D eigenvalue weighted by atomic mass is 10.00. The van der Waals surface area contributed by atoms with E-state index < -0.39 is 5.97 Å². The Hall–Kier alpha value is -1.76. The van der Waals surface area contributed by atoms with Crippen LogP contribution in [-0.2, 0) is 16.1 Å². The number of rotatable bonds is 4.